The van der Waals surface area contributed by atoms with Crippen LogP contribution in [0.5, 0.6) is 0 Å². The van der Waals surface area contributed by atoms with Gasteiger partial charge in [-0.1, -0.05) is 18.2 Å². The molecule has 2 aromatic rings. The lowest BCUT2D eigenvalue weighted by atomic mass is 10.0. The van der Waals surface area contributed by atoms with Crippen LogP contribution in [-0.4, -0.2) is 10.1 Å². The van der Waals surface area contributed by atoms with Gasteiger partial charge in [0.1, 0.15) is 11.9 Å². The number of rotatable bonds is 2. The molecule has 0 saturated carbocycles. The predicted octanol–water partition coefficient (Wildman–Crippen LogP) is 2.92. The van der Waals surface area contributed by atoms with E-state index >= 15 is 0 Å². The van der Waals surface area contributed by atoms with Crippen LogP contribution in [0.2, 0.25) is 0 Å². The Hall–Kier alpha value is -1.74. The van der Waals surface area contributed by atoms with Crippen LogP contribution < -0.4 is 0 Å². The van der Waals surface area contributed by atoms with Gasteiger partial charge in [0.2, 0.25) is 0 Å². The molecule has 17 heavy (non-hydrogen) atoms. The molecular weight excluding hydrogens is 217 g/mol. The molecule has 0 radical (unpaired) electrons. The summed E-state index contributed by atoms with van der Waals surface area (Å²) in [6.07, 6.45) is 2.59. The predicted molar refractivity (Wildman–Crippen MR) is 64.2 cm³/mol. The summed E-state index contributed by atoms with van der Waals surface area (Å²) in [6, 6.07) is 6.49. The number of benzene rings is 1. The van der Waals surface area contributed by atoms with Gasteiger partial charge in [-0.05, 0) is 36.6 Å². The van der Waals surface area contributed by atoms with Crippen molar-refractivity contribution in [1.82, 2.24) is 4.98 Å². The first-order valence-corrected chi connectivity index (χ1v) is 5.43. The molecular formula is C14H14FNO. The molecule has 0 spiro atoms. The number of aliphatic hydroxyl groups is 1. The minimum absolute atomic E-state index is 0.261. The number of pyridine rings is 1. The van der Waals surface area contributed by atoms with E-state index in [1.807, 2.05) is 13.0 Å². The number of nitrogens with zero attached hydrogens (tertiary/aromatic N) is 1. The topological polar surface area (TPSA) is 33.1 Å². The van der Waals surface area contributed by atoms with Crippen molar-refractivity contribution in [3.8, 4) is 0 Å². The highest BCUT2D eigenvalue weighted by molar-refractivity contribution is 5.32. The van der Waals surface area contributed by atoms with Gasteiger partial charge in [0.15, 0.2) is 0 Å². The first-order valence-electron chi connectivity index (χ1n) is 5.43. The van der Waals surface area contributed by atoms with Crippen molar-refractivity contribution in [2.45, 2.75) is 20.0 Å². The third-order valence-corrected chi connectivity index (χ3v) is 2.71. The zero-order valence-electron chi connectivity index (χ0n) is 9.81. The fourth-order valence-corrected chi connectivity index (χ4v) is 1.76. The molecule has 0 aliphatic rings. The van der Waals surface area contributed by atoms with Gasteiger partial charge in [0, 0.05) is 18.0 Å². The molecule has 1 heterocycles. The van der Waals surface area contributed by atoms with Crippen molar-refractivity contribution in [2.75, 3.05) is 0 Å². The summed E-state index contributed by atoms with van der Waals surface area (Å²) >= 11 is 0. The van der Waals surface area contributed by atoms with Crippen LogP contribution in [0.15, 0.2) is 36.7 Å². The lowest BCUT2D eigenvalue weighted by Gasteiger charge is -2.12. The van der Waals surface area contributed by atoms with Crippen LogP contribution in [0.3, 0.4) is 0 Å². The zero-order chi connectivity index (χ0) is 12.4. The minimum Gasteiger partial charge on any atom is -0.384 e. The maximum atomic E-state index is 13.1. The van der Waals surface area contributed by atoms with Crippen LogP contribution >= 0.6 is 0 Å². The van der Waals surface area contributed by atoms with Crippen molar-refractivity contribution in [3.63, 3.8) is 0 Å². The standard InChI is InChI=1S/C14H14FNO/c1-9-5-12(8-16-7-9)14(17)11-3-4-13(15)10(2)6-11/h3-8,14,17H,1-2H3. The molecule has 0 saturated heterocycles. The molecule has 3 heteroatoms. The van der Waals surface area contributed by atoms with Gasteiger partial charge >= 0.3 is 0 Å². The minimum atomic E-state index is -0.762. The van der Waals surface area contributed by atoms with Crippen LogP contribution in [0.4, 0.5) is 4.39 Å². The van der Waals surface area contributed by atoms with E-state index in [-0.39, 0.29) is 5.82 Å². The third kappa shape index (κ3) is 2.50. The maximum Gasteiger partial charge on any atom is 0.126 e. The van der Waals surface area contributed by atoms with Crippen LogP contribution in [0.1, 0.15) is 28.4 Å². The lowest BCUT2D eigenvalue weighted by molar-refractivity contribution is 0.219. The fraction of sp³-hybridized carbons (Fsp3) is 0.214. The van der Waals surface area contributed by atoms with Crippen molar-refractivity contribution in [2.24, 2.45) is 0 Å². The Kier molecular flexibility index (Phi) is 3.20. The first-order chi connectivity index (χ1) is 8.08. The Morgan fingerprint density at radius 1 is 1.12 bits per heavy atom. The van der Waals surface area contributed by atoms with Gasteiger partial charge in [-0.25, -0.2) is 4.39 Å². The molecule has 1 aromatic heterocycles. The highest BCUT2D eigenvalue weighted by atomic mass is 19.1. The number of aliphatic hydroxyl groups excluding tert-OH is 1. The maximum absolute atomic E-state index is 13.1. The van der Waals surface area contributed by atoms with E-state index in [1.54, 1.807) is 31.5 Å². The Balaban J connectivity index is 2.36. The Labute approximate surface area is 99.8 Å². The van der Waals surface area contributed by atoms with E-state index in [1.165, 1.54) is 6.07 Å². The fourth-order valence-electron chi connectivity index (χ4n) is 1.76. The van der Waals surface area contributed by atoms with E-state index < -0.39 is 6.10 Å². The Morgan fingerprint density at radius 3 is 2.53 bits per heavy atom. The van der Waals surface area contributed by atoms with E-state index in [0.29, 0.717) is 11.1 Å². The SMILES string of the molecule is Cc1cncc(C(O)c2ccc(F)c(C)c2)c1. The third-order valence-electron chi connectivity index (χ3n) is 2.71. The number of halogens is 1. The van der Waals surface area contributed by atoms with Gasteiger partial charge < -0.3 is 5.11 Å². The van der Waals surface area contributed by atoms with E-state index in [2.05, 4.69) is 4.98 Å². The molecule has 2 nitrogen and oxygen atoms in total. The summed E-state index contributed by atoms with van der Waals surface area (Å²) in [7, 11) is 0. The summed E-state index contributed by atoms with van der Waals surface area (Å²) in [5.74, 6) is -0.261. The first kappa shape index (κ1) is 11.7. The highest BCUT2D eigenvalue weighted by Gasteiger charge is 2.12. The summed E-state index contributed by atoms with van der Waals surface area (Å²) < 4.78 is 13.1. The molecule has 0 bridgehead atoms. The quantitative estimate of drug-likeness (QED) is 0.862. The summed E-state index contributed by atoms with van der Waals surface area (Å²) in [4.78, 5) is 4.04. The molecule has 0 fully saturated rings. The van der Waals surface area contributed by atoms with E-state index in [9.17, 15) is 9.50 Å². The van der Waals surface area contributed by atoms with Gasteiger partial charge in [-0.15, -0.1) is 0 Å². The summed E-state index contributed by atoms with van der Waals surface area (Å²) in [5.41, 5.74) is 2.91. The molecule has 1 unspecified atom stereocenters. The number of hydrogen-bond donors (Lipinski definition) is 1. The molecule has 0 aliphatic heterocycles. The summed E-state index contributed by atoms with van der Waals surface area (Å²) in [6.45, 7) is 3.60. The molecule has 1 aromatic carbocycles. The van der Waals surface area contributed by atoms with Crippen LogP contribution in [0, 0.1) is 19.7 Å². The molecule has 0 aliphatic carbocycles. The second-order valence-corrected chi connectivity index (χ2v) is 4.21. The average Bonchev–Trinajstić information content (AvgIpc) is 2.32. The second kappa shape index (κ2) is 4.63. The second-order valence-electron chi connectivity index (χ2n) is 4.21. The largest absolute Gasteiger partial charge is 0.384 e. The van der Waals surface area contributed by atoms with Gasteiger partial charge in [-0.2, -0.15) is 0 Å². The number of aryl methyl sites for hydroxylation is 2. The Morgan fingerprint density at radius 2 is 1.88 bits per heavy atom. The molecule has 1 N–H and O–H groups in total. The average molecular weight is 231 g/mol. The van der Waals surface area contributed by atoms with Crippen molar-refractivity contribution in [1.29, 1.82) is 0 Å². The van der Waals surface area contributed by atoms with Gasteiger partial charge in [0.25, 0.3) is 0 Å². The summed E-state index contributed by atoms with van der Waals surface area (Å²) in [5, 5.41) is 10.2. The smallest absolute Gasteiger partial charge is 0.126 e. The molecule has 1 atom stereocenters. The lowest BCUT2D eigenvalue weighted by Crippen LogP contribution is -2.01. The number of hydrogen-bond acceptors (Lipinski definition) is 2. The number of aromatic nitrogens is 1. The van der Waals surface area contributed by atoms with Crippen LogP contribution in [0.25, 0.3) is 0 Å². The molecule has 88 valence electrons. The monoisotopic (exact) mass is 231 g/mol. The van der Waals surface area contributed by atoms with Crippen molar-refractivity contribution in [3.05, 3.63) is 64.7 Å². The van der Waals surface area contributed by atoms with Gasteiger partial charge in [0.05, 0.1) is 0 Å². The molecule has 2 rings (SSSR count). The zero-order valence-corrected chi connectivity index (χ0v) is 9.81. The van der Waals surface area contributed by atoms with Crippen molar-refractivity contribution < 1.29 is 9.50 Å². The highest BCUT2D eigenvalue weighted by Crippen LogP contribution is 2.23. The molecule has 0 amide bonds. The normalized spacial score (nSPS) is 12.5. The van der Waals surface area contributed by atoms with Gasteiger partial charge in [-0.3, -0.25) is 4.98 Å². The van der Waals surface area contributed by atoms with Crippen LogP contribution in [-0.2, 0) is 0 Å². The van der Waals surface area contributed by atoms with Crippen molar-refractivity contribution >= 4 is 0 Å². The van der Waals surface area contributed by atoms with E-state index in [4.69, 9.17) is 0 Å². The Bertz CT molecular complexity index is 539. The van der Waals surface area contributed by atoms with E-state index in [0.717, 1.165) is 11.1 Å².